The Kier molecular flexibility index (Phi) is 5.11. The van der Waals surface area contributed by atoms with Crippen molar-refractivity contribution < 1.29 is 0 Å². The van der Waals surface area contributed by atoms with Gasteiger partial charge in [0.1, 0.15) is 0 Å². The summed E-state index contributed by atoms with van der Waals surface area (Å²) in [5.41, 5.74) is 0.421. The maximum Gasteiger partial charge on any atom is 0.00932 e. The molecule has 1 aliphatic rings. The Morgan fingerprint density at radius 3 is 2.53 bits per heavy atom. The molecule has 1 rings (SSSR count). The summed E-state index contributed by atoms with van der Waals surface area (Å²) in [7, 11) is 0. The summed E-state index contributed by atoms with van der Waals surface area (Å²) in [5.74, 6) is 0.768. The fourth-order valence-corrected chi connectivity index (χ4v) is 3.61. The molecule has 0 N–H and O–H groups in total. The maximum atomic E-state index is 3.67. The monoisotopic (exact) mass is 275 g/mol. The van der Waals surface area contributed by atoms with E-state index in [2.05, 4.69) is 48.5 Å². The zero-order valence-corrected chi connectivity index (χ0v) is 12.3. The average Bonchev–Trinajstić information content (AvgIpc) is 2.59. The summed E-state index contributed by atoms with van der Waals surface area (Å²) in [5, 5.41) is 1.13. The molecule has 2 atom stereocenters. The highest BCUT2D eigenvalue weighted by molar-refractivity contribution is 9.09. The van der Waals surface area contributed by atoms with Crippen LogP contribution in [0.2, 0.25) is 0 Å². The van der Waals surface area contributed by atoms with E-state index in [1.807, 2.05) is 0 Å². The molecule has 0 bridgehead atoms. The fourth-order valence-electron chi connectivity index (χ4n) is 2.44. The SMILES string of the molecule is CCC1CCCN1CC(CBr)C(C)(C)C. The number of nitrogens with zero attached hydrogens (tertiary/aromatic N) is 1. The van der Waals surface area contributed by atoms with Crippen molar-refractivity contribution in [2.24, 2.45) is 11.3 Å². The molecule has 1 aliphatic heterocycles. The third kappa shape index (κ3) is 3.74. The minimum Gasteiger partial charge on any atom is -0.300 e. The molecule has 0 radical (unpaired) electrons. The Morgan fingerprint density at radius 2 is 2.07 bits per heavy atom. The third-order valence-electron chi connectivity index (χ3n) is 3.84. The zero-order chi connectivity index (χ0) is 11.5. The summed E-state index contributed by atoms with van der Waals surface area (Å²) in [6.45, 7) is 12.0. The van der Waals surface area contributed by atoms with Gasteiger partial charge in [-0.1, -0.05) is 43.6 Å². The van der Waals surface area contributed by atoms with E-state index in [0.29, 0.717) is 5.41 Å². The van der Waals surface area contributed by atoms with Crippen LogP contribution in [0.25, 0.3) is 0 Å². The second-order valence-corrected chi connectivity index (χ2v) is 6.56. The highest BCUT2D eigenvalue weighted by atomic mass is 79.9. The molecule has 1 heterocycles. The van der Waals surface area contributed by atoms with Gasteiger partial charge in [0.2, 0.25) is 0 Å². The van der Waals surface area contributed by atoms with Crippen LogP contribution in [-0.2, 0) is 0 Å². The van der Waals surface area contributed by atoms with E-state index in [1.54, 1.807) is 0 Å². The number of likely N-dealkylation sites (tertiary alicyclic amines) is 1. The fraction of sp³-hybridized carbons (Fsp3) is 1.00. The van der Waals surface area contributed by atoms with Crippen LogP contribution in [0.3, 0.4) is 0 Å². The minimum absolute atomic E-state index is 0.421. The van der Waals surface area contributed by atoms with Gasteiger partial charge in [-0.25, -0.2) is 0 Å². The molecule has 2 unspecified atom stereocenters. The summed E-state index contributed by atoms with van der Waals surface area (Å²) in [6, 6.07) is 0.855. The van der Waals surface area contributed by atoms with Gasteiger partial charge in [0.25, 0.3) is 0 Å². The second kappa shape index (κ2) is 5.67. The summed E-state index contributed by atoms with van der Waals surface area (Å²) in [6.07, 6.45) is 4.13. The predicted octanol–water partition coefficient (Wildman–Crippen LogP) is 3.92. The van der Waals surface area contributed by atoms with Crippen LogP contribution in [0.1, 0.15) is 47.0 Å². The van der Waals surface area contributed by atoms with Crippen LogP contribution in [0.5, 0.6) is 0 Å². The van der Waals surface area contributed by atoms with Crippen LogP contribution in [0.4, 0.5) is 0 Å². The van der Waals surface area contributed by atoms with Crippen LogP contribution in [0, 0.1) is 11.3 Å². The standard InChI is InChI=1S/C13H26BrN/c1-5-12-7-6-8-15(12)10-11(9-14)13(2,3)4/h11-12H,5-10H2,1-4H3. The molecular formula is C13H26BrN. The molecule has 0 saturated carbocycles. The molecule has 15 heavy (non-hydrogen) atoms. The van der Waals surface area contributed by atoms with Crippen LogP contribution >= 0.6 is 15.9 Å². The lowest BCUT2D eigenvalue weighted by Crippen LogP contribution is -2.38. The maximum absolute atomic E-state index is 3.67. The van der Waals surface area contributed by atoms with Gasteiger partial charge in [-0.2, -0.15) is 0 Å². The van der Waals surface area contributed by atoms with Crippen molar-refractivity contribution in [1.82, 2.24) is 4.90 Å². The Balaban J connectivity index is 2.51. The molecule has 0 aliphatic carbocycles. The summed E-state index contributed by atoms with van der Waals surface area (Å²) >= 11 is 3.67. The Labute approximate surface area is 104 Å². The smallest absolute Gasteiger partial charge is 0.00932 e. The largest absolute Gasteiger partial charge is 0.300 e. The molecule has 90 valence electrons. The van der Waals surface area contributed by atoms with Gasteiger partial charge in [0.05, 0.1) is 0 Å². The first kappa shape index (κ1) is 13.5. The van der Waals surface area contributed by atoms with Gasteiger partial charge in [-0.3, -0.25) is 0 Å². The van der Waals surface area contributed by atoms with E-state index in [9.17, 15) is 0 Å². The van der Waals surface area contributed by atoms with Gasteiger partial charge in [-0.05, 0) is 37.1 Å². The number of hydrogen-bond acceptors (Lipinski definition) is 1. The van der Waals surface area contributed by atoms with Gasteiger partial charge < -0.3 is 4.90 Å². The minimum atomic E-state index is 0.421. The predicted molar refractivity (Wildman–Crippen MR) is 71.6 cm³/mol. The molecule has 1 nitrogen and oxygen atoms in total. The molecule has 0 aromatic carbocycles. The number of hydrogen-bond donors (Lipinski definition) is 0. The van der Waals surface area contributed by atoms with E-state index < -0.39 is 0 Å². The Hall–Kier alpha value is 0.440. The van der Waals surface area contributed by atoms with Gasteiger partial charge in [0.15, 0.2) is 0 Å². The van der Waals surface area contributed by atoms with Crippen molar-refractivity contribution in [2.45, 2.75) is 53.0 Å². The van der Waals surface area contributed by atoms with E-state index in [0.717, 1.165) is 17.3 Å². The van der Waals surface area contributed by atoms with Crippen LogP contribution in [-0.4, -0.2) is 29.4 Å². The third-order valence-corrected chi connectivity index (χ3v) is 4.62. The van der Waals surface area contributed by atoms with Crippen molar-refractivity contribution in [3.05, 3.63) is 0 Å². The molecule has 2 heteroatoms. The first-order valence-electron chi connectivity index (χ1n) is 6.29. The number of alkyl halides is 1. The Bertz CT molecular complexity index is 185. The molecule has 1 saturated heterocycles. The van der Waals surface area contributed by atoms with Crippen LogP contribution in [0.15, 0.2) is 0 Å². The lowest BCUT2D eigenvalue weighted by Gasteiger charge is -2.35. The van der Waals surface area contributed by atoms with Crippen molar-refractivity contribution in [3.8, 4) is 0 Å². The lowest BCUT2D eigenvalue weighted by atomic mass is 9.81. The van der Waals surface area contributed by atoms with Gasteiger partial charge in [-0.15, -0.1) is 0 Å². The zero-order valence-electron chi connectivity index (χ0n) is 10.7. The Morgan fingerprint density at radius 1 is 1.40 bits per heavy atom. The van der Waals surface area contributed by atoms with E-state index in [4.69, 9.17) is 0 Å². The van der Waals surface area contributed by atoms with E-state index >= 15 is 0 Å². The van der Waals surface area contributed by atoms with Gasteiger partial charge in [0, 0.05) is 17.9 Å². The first-order valence-corrected chi connectivity index (χ1v) is 7.41. The summed E-state index contributed by atoms with van der Waals surface area (Å²) in [4.78, 5) is 2.71. The highest BCUT2D eigenvalue weighted by Crippen LogP contribution is 2.31. The molecular weight excluding hydrogens is 250 g/mol. The van der Waals surface area contributed by atoms with Crippen molar-refractivity contribution in [3.63, 3.8) is 0 Å². The van der Waals surface area contributed by atoms with Crippen LogP contribution < -0.4 is 0 Å². The molecule has 0 spiro atoms. The molecule has 0 aromatic rings. The number of rotatable bonds is 4. The highest BCUT2D eigenvalue weighted by Gasteiger charge is 2.30. The summed E-state index contributed by atoms with van der Waals surface area (Å²) < 4.78 is 0. The normalized spacial score (nSPS) is 25.8. The number of halogens is 1. The topological polar surface area (TPSA) is 3.24 Å². The van der Waals surface area contributed by atoms with E-state index in [1.165, 1.54) is 32.4 Å². The first-order chi connectivity index (χ1) is 6.99. The molecule has 0 aromatic heterocycles. The molecule has 0 amide bonds. The average molecular weight is 276 g/mol. The second-order valence-electron chi connectivity index (χ2n) is 5.92. The van der Waals surface area contributed by atoms with Crippen molar-refractivity contribution >= 4 is 15.9 Å². The quantitative estimate of drug-likeness (QED) is 0.703. The van der Waals surface area contributed by atoms with Crippen molar-refractivity contribution in [1.29, 1.82) is 0 Å². The van der Waals surface area contributed by atoms with Gasteiger partial charge >= 0.3 is 0 Å². The lowest BCUT2D eigenvalue weighted by molar-refractivity contribution is 0.153. The van der Waals surface area contributed by atoms with E-state index in [-0.39, 0.29) is 0 Å². The van der Waals surface area contributed by atoms with Crippen molar-refractivity contribution in [2.75, 3.05) is 18.4 Å². The molecule has 1 fully saturated rings.